The molecule has 0 fully saturated rings. The van der Waals surface area contributed by atoms with E-state index in [0.717, 1.165) is 24.3 Å². The Labute approximate surface area is 96.5 Å². The van der Waals surface area contributed by atoms with Crippen molar-refractivity contribution < 1.29 is 0 Å². The second-order valence-corrected chi connectivity index (χ2v) is 4.76. The van der Waals surface area contributed by atoms with E-state index >= 15 is 0 Å². The number of nitriles is 1. The molecule has 0 amide bonds. The second kappa shape index (κ2) is 7.36. The highest BCUT2D eigenvalue weighted by Gasteiger charge is 1.94. The largest absolute Gasteiger partial charge is 0.198 e. The number of rotatable bonds is 6. The van der Waals surface area contributed by atoms with E-state index in [1.54, 1.807) is 0 Å². The van der Waals surface area contributed by atoms with Crippen molar-refractivity contribution in [3.63, 3.8) is 0 Å². The Morgan fingerprint density at radius 1 is 1.33 bits per heavy atom. The molecule has 0 saturated heterocycles. The first kappa shape index (κ1) is 12.1. The Balaban J connectivity index is 2.13. The van der Waals surface area contributed by atoms with Crippen molar-refractivity contribution in [2.24, 2.45) is 0 Å². The predicted octanol–water partition coefficient (Wildman–Crippen LogP) is 3.92. The van der Waals surface area contributed by atoms with Crippen LogP contribution in [0.3, 0.4) is 0 Å². The van der Waals surface area contributed by atoms with E-state index in [1.807, 2.05) is 11.8 Å². The highest BCUT2D eigenvalue weighted by atomic mass is 32.2. The zero-order valence-corrected chi connectivity index (χ0v) is 10.0. The summed E-state index contributed by atoms with van der Waals surface area (Å²) in [5.41, 5.74) is 2.73. The number of nitrogens with zero attached hydrogens (tertiary/aromatic N) is 1. The van der Waals surface area contributed by atoms with Crippen LogP contribution < -0.4 is 0 Å². The maximum absolute atomic E-state index is 8.37. The van der Waals surface area contributed by atoms with Crippen LogP contribution in [0, 0.1) is 18.3 Å². The molecule has 0 aliphatic rings. The lowest BCUT2D eigenvalue weighted by molar-refractivity contribution is 0.830. The first-order valence-electron chi connectivity index (χ1n) is 5.33. The molecule has 1 nitrogen and oxygen atoms in total. The van der Waals surface area contributed by atoms with Crippen molar-refractivity contribution in [1.29, 1.82) is 5.26 Å². The highest BCUT2D eigenvalue weighted by Crippen LogP contribution is 2.15. The predicted molar refractivity (Wildman–Crippen MR) is 66.8 cm³/mol. The first-order valence-corrected chi connectivity index (χ1v) is 6.48. The van der Waals surface area contributed by atoms with Gasteiger partial charge in [-0.2, -0.15) is 17.0 Å². The molecule has 0 spiro atoms. The molecule has 0 aromatic heterocycles. The van der Waals surface area contributed by atoms with Crippen LogP contribution in [-0.2, 0) is 5.75 Å². The minimum atomic E-state index is 0.699. The van der Waals surface area contributed by atoms with E-state index in [1.165, 1.54) is 11.1 Å². The van der Waals surface area contributed by atoms with Gasteiger partial charge in [0.2, 0.25) is 0 Å². The Morgan fingerprint density at radius 3 is 2.93 bits per heavy atom. The first-order chi connectivity index (χ1) is 7.33. The molecular formula is C13H17NS. The van der Waals surface area contributed by atoms with Gasteiger partial charge in [0.25, 0.3) is 0 Å². The van der Waals surface area contributed by atoms with Crippen LogP contribution in [0.4, 0.5) is 0 Å². The number of aryl methyl sites for hydroxylation is 1. The number of unbranched alkanes of at least 4 members (excludes halogenated alkanes) is 2. The Kier molecular flexibility index (Phi) is 5.96. The molecule has 1 rings (SSSR count). The summed E-state index contributed by atoms with van der Waals surface area (Å²) in [5.74, 6) is 2.25. The van der Waals surface area contributed by atoms with Gasteiger partial charge in [0.05, 0.1) is 6.07 Å². The Bertz CT molecular complexity index is 328. The van der Waals surface area contributed by atoms with Crippen molar-refractivity contribution in [2.75, 3.05) is 5.75 Å². The van der Waals surface area contributed by atoms with Gasteiger partial charge < -0.3 is 0 Å². The second-order valence-electron chi connectivity index (χ2n) is 3.66. The fourth-order valence-corrected chi connectivity index (χ4v) is 2.37. The standard InChI is InChI=1S/C13H17NS/c1-12-6-5-7-13(10-12)11-15-9-4-2-3-8-14/h5-7,10H,2-4,9,11H2,1H3. The summed E-state index contributed by atoms with van der Waals surface area (Å²) in [6.45, 7) is 2.13. The van der Waals surface area contributed by atoms with E-state index in [2.05, 4.69) is 37.3 Å². The molecule has 0 atom stereocenters. The summed E-state index contributed by atoms with van der Waals surface area (Å²) in [5, 5.41) is 8.37. The van der Waals surface area contributed by atoms with E-state index in [0.29, 0.717) is 6.42 Å². The Morgan fingerprint density at radius 2 is 2.20 bits per heavy atom. The lowest BCUT2D eigenvalue weighted by atomic mass is 10.2. The van der Waals surface area contributed by atoms with Gasteiger partial charge in [-0.3, -0.25) is 0 Å². The summed E-state index contributed by atoms with van der Waals surface area (Å²) in [6, 6.07) is 10.8. The quantitative estimate of drug-likeness (QED) is 0.677. The van der Waals surface area contributed by atoms with Crippen LogP contribution in [0.5, 0.6) is 0 Å². The van der Waals surface area contributed by atoms with Gasteiger partial charge in [0, 0.05) is 12.2 Å². The molecule has 0 N–H and O–H groups in total. The van der Waals surface area contributed by atoms with Crippen molar-refractivity contribution in [1.82, 2.24) is 0 Å². The van der Waals surface area contributed by atoms with Crippen molar-refractivity contribution in [3.8, 4) is 6.07 Å². The smallest absolute Gasteiger partial charge is 0.0621 e. The zero-order chi connectivity index (χ0) is 10.9. The third kappa shape index (κ3) is 5.49. The van der Waals surface area contributed by atoms with Gasteiger partial charge in [0.15, 0.2) is 0 Å². The number of hydrogen-bond donors (Lipinski definition) is 0. The topological polar surface area (TPSA) is 23.8 Å². The van der Waals surface area contributed by atoms with Gasteiger partial charge in [-0.05, 0) is 31.1 Å². The lowest BCUT2D eigenvalue weighted by Gasteiger charge is -2.02. The van der Waals surface area contributed by atoms with Crippen molar-refractivity contribution in [2.45, 2.75) is 31.9 Å². The van der Waals surface area contributed by atoms with E-state index < -0.39 is 0 Å². The van der Waals surface area contributed by atoms with Gasteiger partial charge in [-0.1, -0.05) is 29.8 Å². The number of benzene rings is 1. The van der Waals surface area contributed by atoms with Crippen LogP contribution in [0.25, 0.3) is 0 Å². The summed E-state index contributed by atoms with van der Waals surface area (Å²) < 4.78 is 0. The monoisotopic (exact) mass is 219 g/mol. The molecule has 0 saturated carbocycles. The van der Waals surface area contributed by atoms with Crippen LogP contribution in [0.1, 0.15) is 30.4 Å². The summed E-state index contributed by atoms with van der Waals surface area (Å²) in [7, 11) is 0. The Hall–Kier alpha value is -0.940. The minimum Gasteiger partial charge on any atom is -0.198 e. The molecule has 1 aromatic carbocycles. The normalized spacial score (nSPS) is 9.87. The fourth-order valence-electron chi connectivity index (χ4n) is 1.40. The maximum Gasteiger partial charge on any atom is 0.0621 e. The molecule has 80 valence electrons. The summed E-state index contributed by atoms with van der Waals surface area (Å²) in [6.07, 6.45) is 2.90. The van der Waals surface area contributed by atoms with E-state index in [9.17, 15) is 0 Å². The van der Waals surface area contributed by atoms with Gasteiger partial charge in [0.1, 0.15) is 0 Å². The lowest BCUT2D eigenvalue weighted by Crippen LogP contribution is -1.85. The average Bonchev–Trinajstić information content (AvgIpc) is 2.23. The maximum atomic E-state index is 8.37. The molecule has 1 aromatic rings. The molecule has 2 heteroatoms. The van der Waals surface area contributed by atoms with Crippen molar-refractivity contribution >= 4 is 11.8 Å². The molecule has 0 radical (unpaired) electrons. The number of thioether (sulfide) groups is 1. The molecule has 15 heavy (non-hydrogen) atoms. The van der Waals surface area contributed by atoms with Gasteiger partial charge in [-0.25, -0.2) is 0 Å². The molecule has 0 aliphatic heterocycles. The van der Waals surface area contributed by atoms with E-state index in [4.69, 9.17) is 5.26 Å². The van der Waals surface area contributed by atoms with E-state index in [-0.39, 0.29) is 0 Å². The summed E-state index contributed by atoms with van der Waals surface area (Å²) in [4.78, 5) is 0. The third-order valence-electron chi connectivity index (χ3n) is 2.18. The molecule has 0 heterocycles. The highest BCUT2D eigenvalue weighted by molar-refractivity contribution is 7.98. The minimum absolute atomic E-state index is 0.699. The van der Waals surface area contributed by atoms with Gasteiger partial charge in [-0.15, -0.1) is 0 Å². The molecule has 0 aliphatic carbocycles. The number of hydrogen-bond acceptors (Lipinski definition) is 2. The average molecular weight is 219 g/mol. The SMILES string of the molecule is Cc1cccc(CSCCCCC#N)c1. The van der Waals surface area contributed by atoms with Gasteiger partial charge >= 0.3 is 0 Å². The van der Waals surface area contributed by atoms with Crippen molar-refractivity contribution in [3.05, 3.63) is 35.4 Å². The summed E-state index contributed by atoms with van der Waals surface area (Å²) >= 11 is 1.96. The van der Waals surface area contributed by atoms with Crippen LogP contribution in [0.15, 0.2) is 24.3 Å². The van der Waals surface area contributed by atoms with Crippen LogP contribution in [0.2, 0.25) is 0 Å². The molecule has 0 bridgehead atoms. The van der Waals surface area contributed by atoms with Crippen LogP contribution >= 0.6 is 11.8 Å². The third-order valence-corrected chi connectivity index (χ3v) is 3.29. The fraction of sp³-hybridized carbons (Fsp3) is 0.462. The van der Waals surface area contributed by atoms with Crippen LogP contribution in [-0.4, -0.2) is 5.75 Å². The molecule has 0 unspecified atom stereocenters. The molecular weight excluding hydrogens is 202 g/mol. The zero-order valence-electron chi connectivity index (χ0n) is 9.20.